The van der Waals surface area contributed by atoms with E-state index in [-0.39, 0.29) is 23.7 Å². The van der Waals surface area contributed by atoms with Gasteiger partial charge in [-0.05, 0) is 23.8 Å². The minimum Gasteiger partial charge on any atom is -0.511 e. The number of aliphatic hydroxyl groups excluding tert-OH is 1. The maximum absolute atomic E-state index is 11.8. The van der Waals surface area contributed by atoms with E-state index >= 15 is 0 Å². The Morgan fingerprint density at radius 1 is 1.29 bits per heavy atom. The predicted molar refractivity (Wildman–Crippen MR) is 80.4 cm³/mol. The van der Waals surface area contributed by atoms with Gasteiger partial charge in [0.05, 0.1) is 6.54 Å². The molecule has 0 saturated heterocycles. The highest BCUT2D eigenvalue weighted by atomic mass is 35.5. The molecule has 0 aliphatic heterocycles. The number of carbonyl (C=O) groups is 1. The first kappa shape index (κ1) is 14.9. The minimum atomic E-state index is -0.592. The van der Waals surface area contributed by atoms with E-state index in [0.29, 0.717) is 10.6 Å². The van der Waals surface area contributed by atoms with Crippen LogP contribution in [0, 0.1) is 0 Å². The summed E-state index contributed by atoms with van der Waals surface area (Å²) in [5.74, 6) is -1.02. The number of aromatic nitrogens is 1. The smallest absolute Gasteiger partial charge is 0.274 e. The Morgan fingerprint density at radius 3 is 2.52 bits per heavy atom. The third kappa shape index (κ3) is 3.73. The monoisotopic (exact) mass is 304 g/mol. The standard InChI is InChI=1S/C15H13ClN2O3/c1-9(19)7-18-15(21)14-13(20)6-11(8-17-14)10-2-4-12(16)5-3-10/h2-6,8,19-20H,1,7H2,(H,18,21). The number of aromatic hydroxyl groups is 1. The number of amides is 1. The van der Waals surface area contributed by atoms with Crippen molar-refractivity contribution in [1.29, 1.82) is 0 Å². The summed E-state index contributed by atoms with van der Waals surface area (Å²) in [6.07, 6.45) is 1.48. The average molecular weight is 305 g/mol. The maximum atomic E-state index is 11.8. The van der Waals surface area contributed by atoms with Gasteiger partial charge in [-0.1, -0.05) is 30.3 Å². The number of halogens is 1. The molecule has 0 radical (unpaired) electrons. The maximum Gasteiger partial charge on any atom is 0.274 e. The van der Waals surface area contributed by atoms with E-state index in [1.54, 1.807) is 24.3 Å². The number of carbonyl (C=O) groups excluding carboxylic acids is 1. The molecule has 2 rings (SSSR count). The van der Waals surface area contributed by atoms with Gasteiger partial charge in [0.25, 0.3) is 5.91 Å². The number of pyridine rings is 1. The van der Waals surface area contributed by atoms with Crippen LogP contribution in [-0.2, 0) is 0 Å². The fourth-order valence-electron chi connectivity index (χ4n) is 1.69. The molecular weight excluding hydrogens is 292 g/mol. The fraction of sp³-hybridized carbons (Fsp3) is 0.0667. The Bertz CT molecular complexity index is 684. The molecule has 1 aromatic carbocycles. The molecule has 0 saturated carbocycles. The van der Waals surface area contributed by atoms with Crippen molar-refractivity contribution in [2.75, 3.05) is 6.54 Å². The summed E-state index contributed by atoms with van der Waals surface area (Å²) in [4.78, 5) is 15.7. The first-order chi connectivity index (χ1) is 9.97. The van der Waals surface area contributed by atoms with Gasteiger partial charge in [0.15, 0.2) is 5.69 Å². The van der Waals surface area contributed by atoms with Gasteiger partial charge in [-0.25, -0.2) is 4.98 Å². The highest BCUT2D eigenvalue weighted by Crippen LogP contribution is 2.25. The number of benzene rings is 1. The Hall–Kier alpha value is -2.53. The molecule has 3 N–H and O–H groups in total. The van der Waals surface area contributed by atoms with Crippen molar-refractivity contribution < 1.29 is 15.0 Å². The normalized spacial score (nSPS) is 10.1. The van der Waals surface area contributed by atoms with Gasteiger partial charge in [0.1, 0.15) is 11.5 Å². The summed E-state index contributed by atoms with van der Waals surface area (Å²) in [6, 6.07) is 8.46. The lowest BCUT2D eigenvalue weighted by Crippen LogP contribution is -2.26. The zero-order valence-corrected chi connectivity index (χ0v) is 11.8. The number of hydrogen-bond donors (Lipinski definition) is 3. The predicted octanol–water partition coefficient (Wildman–Crippen LogP) is 2.91. The van der Waals surface area contributed by atoms with Gasteiger partial charge in [0.2, 0.25) is 0 Å². The van der Waals surface area contributed by atoms with E-state index in [2.05, 4.69) is 16.9 Å². The largest absolute Gasteiger partial charge is 0.511 e. The quantitative estimate of drug-likeness (QED) is 0.759. The summed E-state index contributed by atoms with van der Waals surface area (Å²) in [5.41, 5.74) is 1.36. The van der Waals surface area contributed by atoms with Crippen molar-refractivity contribution in [3.8, 4) is 16.9 Å². The molecule has 5 nitrogen and oxygen atoms in total. The van der Waals surface area contributed by atoms with Crippen LogP contribution in [0.2, 0.25) is 5.02 Å². The third-order valence-electron chi connectivity index (χ3n) is 2.71. The topological polar surface area (TPSA) is 82.5 Å². The van der Waals surface area contributed by atoms with Crippen LogP contribution in [-0.4, -0.2) is 27.6 Å². The van der Waals surface area contributed by atoms with Crippen LogP contribution >= 0.6 is 11.6 Å². The van der Waals surface area contributed by atoms with Gasteiger partial charge in [-0.15, -0.1) is 0 Å². The second-order valence-electron chi connectivity index (χ2n) is 4.35. The van der Waals surface area contributed by atoms with E-state index in [1.165, 1.54) is 12.3 Å². The van der Waals surface area contributed by atoms with E-state index in [0.717, 1.165) is 5.56 Å². The van der Waals surface area contributed by atoms with Crippen LogP contribution < -0.4 is 5.32 Å². The van der Waals surface area contributed by atoms with E-state index in [1.807, 2.05) is 0 Å². The van der Waals surface area contributed by atoms with Crippen molar-refractivity contribution in [3.05, 3.63) is 59.6 Å². The summed E-state index contributed by atoms with van der Waals surface area (Å²) in [6.45, 7) is 3.15. The first-order valence-corrected chi connectivity index (χ1v) is 6.45. The molecule has 0 spiro atoms. The second-order valence-corrected chi connectivity index (χ2v) is 4.78. The average Bonchev–Trinajstić information content (AvgIpc) is 2.45. The van der Waals surface area contributed by atoms with Crippen LogP contribution in [0.5, 0.6) is 5.75 Å². The molecule has 21 heavy (non-hydrogen) atoms. The molecular formula is C15H13ClN2O3. The van der Waals surface area contributed by atoms with Crippen molar-refractivity contribution >= 4 is 17.5 Å². The third-order valence-corrected chi connectivity index (χ3v) is 2.97. The van der Waals surface area contributed by atoms with Crippen molar-refractivity contribution in [1.82, 2.24) is 10.3 Å². The summed E-state index contributed by atoms with van der Waals surface area (Å²) >= 11 is 5.81. The molecule has 1 amide bonds. The Balaban J connectivity index is 2.23. The van der Waals surface area contributed by atoms with Gasteiger partial charge < -0.3 is 15.5 Å². The van der Waals surface area contributed by atoms with E-state index in [9.17, 15) is 9.90 Å². The van der Waals surface area contributed by atoms with Gasteiger partial charge in [0, 0.05) is 16.8 Å². The van der Waals surface area contributed by atoms with Crippen LogP contribution in [0.3, 0.4) is 0 Å². The highest BCUT2D eigenvalue weighted by molar-refractivity contribution is 6.30. The van der Waals surface area contributed by atoms with Crippen LogP contribution in [0.1, 0.15) is 10.5 Å². The van der Waals surface area contributed by atoms with Crippen LogP contribution in [0.4, 0.5) is 0 Å². The summed E-state index contributed by atoms with van der Waals surface area (Å²) < 4.78 is 0. The molecule has 2 aromatic rings. The SMILES string of the molecule is C=C(O)CNC(=O)c1ncc(-c2ccc(Cl)cc2)cc1O. The number of nitrogens with zero attached hydrogens (tertiary/aromatic N) is 1. The van der Waals surface area contributed by atoms with Gasteiger partial charge >= 0.3 is 0 Å². The summed E-state index contributed by atoms with van der Waals surface area (Å²) in [5, 5.41) is 21.8. The number of nitrogens with one attached hydrogen (secondary N) is 1. The van der Waals surface area contributed by atoms with Crippen molar-refractivity contribution in [3.63, 3.8) is 0 Å². The molecule has 1 aromatic heterocycles. The van der Waals surface area contributed by atoms with Gasteiger partial charge in [-0.3, -0.25) is 4.79 Å². The lowest BCUT2D eigenvalue weighted by atomic mass is 10.1. The number of aliphatic hydroxyl groups is 1. The second kappa shape index (κ2) is 6.28. The Morgan fingerprint density at radius 2 is 1.95 bits per heavy atom. The van der Waals surface area contributed by atoms with Crippen molar-refractivity contribution in [2.24, 2.45) is 0 Å². The molecule has 6 heteroatoms. The lowest BCUT2D eigenvalue weighted by Gasteiger charge is -2.07. The first-order valence-electron chi connectivity index (χ1n) is 6.07. The highest BCUT2D eigenvalue weighted by Gasteiger charge is 2.14. The van der Waals surface area contributed by atoms with Crippen molar-refractivity contribution in [2.45, 2.75) is 0 Å². The van der Waals surface area contributed by atoms with E-state index < -0.39 is 5.91 Å². The molecule has 0 bridgehead atoms. The van der Waals surface area contributed by atoms with Crippen LogP contribution in [0.25, 0.3) is 11.1 Å². The molecule has 0 atom stereocenters. The minimum absolute atomic E-state index is 0.0983. The molecule has 0 fully saturated rings. The fourth-order valence-corrected chi connectivity index (χ4v) is 1.82. The molecule has 0 aliphatic carbocycles. The summed E-state index contributed by atoms with van der Waals surface area (Å²) in [7, 11) is 0. The molecule has 108 valence electrons. The zero-order valence-electron chi connectivity index (χ0n) is 11.0. The van der Waals surface area contributed by atoms with E-state index in [4.69, 9.17) is 16.7 Å². The molecule has 0 aliphatic rings. The Labute approximate surface area is 126 Å². The van der Waals surface area contributed by atoms with Gasteiger partial charge in [-0.2, -0.15) is 0 Å². The number of rotatable bonds is 4. The Kier molecular flexibility index (Phi) is 4.45. The zero-order chi connectivity index (χ0) is 15.4. The molecule has 1 heterocycles. The molecule has 0 unspecified atom stereocenters. The lowest BCUT2D eigenvalue weighted by molar-refractivity contribution is 0.0944. The van der Waals surface area contributed by atoms with Crippen LogP contribution in [0.15, 0.2) is 48.9 Å². The number of hydrogen-bond acceptors (Lipinski definition) is 4.